The molecule has 0 aliphatic carbocycles. The molecule has 1 aromatic carbocycles. The van der Waals surface area contributed by atoms with Crippen LogP contribution in [0.2, 0.25) is 5.02 Å². The Morgan fingerprint density at radius 3 is 2.47 bits per heavy atom. The topological polar surface area (TPSA) is 24.9 Å². The Hall–Kier alpha value is -1.75. The normalized spacial score (nSPS) is 10.4. The maximum Gasteiger partial charge on any atom is 0.168 e. The van der Waals surface area contributed by atoms with Crippen LogP contribution in [-0.4, -0.2) is 4.98 Å². The van der Waals surface area contributed by atoms with Gasteiger partial charge in [0.1, 0.15) is 11.6 Å². The van der Waals surface area contributed by atoms with Crippen molar-refractivity contribution in [2.75, 3.05) is 5.32 Å². The molecule has 0 saturated heterocycles. The molecule has 0 spiro atoms. The van der Waals surface area contributed by atoms with Crippen LogP contribution in [0.15, 0.2) is 30.5 Å². The third kappa shape index (κ3) is 2.68. The summed E-state index contributed by atoms with van der Waals surface area (Å²) in [7, 11) is 0. The van der Waals surface area contributed by atoms with Gasteiger partial charge in [-0.25, -0.2) is 18.2 Å². The summed E-state index contributed by atoms with van der Waals surface area (Å²) in [4.78, 5) is 3.53. The van der Waals surface area contributed by atoms with Gasteiger partial charge in [-0.2, -0.15) is 0 Å². The Balaban J connectivity index is 2.28. The molecule has 2 aromatic rings. The fourth-order valence-corrected chi connectivity index (χ4v) is 1.40. The predicted octanol–water partition coefficient (Wildman–Crippen LogP) is 3.90. The molecule has 0 unspecified atom stereocenters. The van der Waals surface area contributed by atoms with E-state index in [4.69, 9.17) is 11.6 Å². The van der Waals surface area contributed by atoms with Gasteiger partial charge in [0.25, 0.3) is 0 Å². The first-order valence-electron chi connectivity index (χ1n) is 4.59. The van der Waals surface area contributed by atoms with Crippen LogP contribution in [0.25, 0.3) is 0 Å². The number of hydrogen-bond donors (Lipinski definition) is 1. The molecular formula is C11H6ClF3N2. The van der Waals surface area contributed by atoms with Gasteiger partial charge in [-0.3, -0.25) is 0 Å². The van der Waals surface area contributed by atoms with Crippen LogP contribution >= 0.6 is 11.6 Å². The van der Waals surface area contributed by atoms with Gasteiger partial charge in [-0.05, 0) is 18.2 Å². The van der Waals surface area contributed by atoms with Crippen LogP contribution in [0.4, 0.5) is 24.7 Å². The van der Waals surface area contributed by atoms with Crippen LogP contribution in [0.5, 0.6) is 0 Å². The van der Waals surface area contributed by atoms with E-state index in [2.05, 4.69) is 10.3 Å². The molecule has 0 amide bonds. The molecule has 6 heteroatoms. The van der Waals surface area contributed by atoms with Gasteiger partial charge in [-0.15, -0.1) is 0 Å². The number of benzene rings is 1. The van der Waals surface area contributed by atoms with Gasteiger partial charge in [0.05, 0.1) is 11.2 Å². The smallest absolute Gasteiger partial charge is 0.168 e. The van der Waals surface area contributed by atoms with Gasteiger partial charge < -0.3 is 5.32 Å². The number of nitrogens with one attached hydrogen (secondary N) is 1. The van der Waals surface area contributed by atoms with E-state index >= 15 is 0 Å². The fourth-order valence-electron chi connectivity index (χ4n) is 1.22. The van der Waals surface area contributed by atoms with Gasteiger partial charge in [-0.1, -0.05) is 11.6 Å². The third-order valence-corrected chi connectivity index (χ3v) is 2.28. The zero-order valence-electron chi connectivity index (χ0n) is 8.35. The largest absolute Gasteiger partial charge is 0.338 e. The summed E-state index contributed by atoms with van der Waals surface area (Å²) in [6.07, 6.45) is 0.872. The van der Waals surface area contributed by atoms with E-state index in [1.807, 2.05) is 0 Å². The number of rotatable bonds is 2. The number of aromatic nitrogens is 1. The average molecular weight is 259 g/mol. The number of anilines is 2. The van der Waals surface area contributed by atoms with E-state index < -0.39 is 17.5 Å². The highest BCUT2D eigenvalue weighted by Crippen LogP contribution is 2.23. The van der Waals surface area contributed by atoms with Gasteiger partial charge >= 0.3 is 0 Å². The number of halogens is 4. The lowest BCUT2D eigenvalue weighted by molar-refractivity contribution is 0.576. The monoisotopic (exact) mass is 258 g/mol. The minimum absolute atomic E-state index is 0.0995. The van der Waals surface area contributed by atoms with E-state index in [1.54, 1.807) is 0 Å². The first-order chi connectivity index (χ1) is 8.06. The van der Waals surface area contributed by atoms with Crippen LogP contribution in [0.3, 0.4) is 0 Å². The summed E-state index contributed by atoms with van der Waals surface area (Å²) in [5.74, 6) is -2.35. The summed E-state index contributed by atoms with van der Waals surface area (Å²) in [6.45, 7) is 0. The van der Waals surface area contributed by atoms with Crippen molar-refractivity contribution in [1.29, 1.82) is 0 Å². The standard InChI is InChI=1S/C11H6ClF3N2/c12-8-4-7(1-2-9(8)14)17-11-10(15)3-6(13)5-16-11/h1-5H,(H,16,17). The van der Waals surface area contributed by atoms with E-state index in [-0.39, 0.29) is 10.8 Å². The second-order valence-corrected chi connectivity index (χ2v) is 3.65. The summed E-state index contributed by atoms with van der Waals surface area (Å²) in [6, 6.07) is 4.47. The zero-order chi connectivity index (χ0) is 12.4. The summed E-state index contributed by atoms with van der Waals surface area (Å²) < 4.78 is 38.7. The van der Waals surface area contributed by atoms with Gasteiger partial charge in [0.2, 0.25) is 0 Å². The van der Waals surface area contributed by atoms with Crippen molar-refractivity contribution in [3.63, 3.8) is 0 Å². The molecular weight excluding hydrogens is 253 g/mol. The maximum absolute atomic E-state index is 13.2. The summed E-state index contributed by atoms with van der Waals surface area (Å²) in [5, 5.41) is 2.46. The number of nitrogens with zero attached hydrogens (tertiary/aromatic N) is 1. The highest BCUT2D eigenvalue weighted by molar-refractivity contribution is 6.31. The molecule has 0 aliphatic heterocycles. The van der Waals surface area contributed by atoms with Crippen molar-refractivity contribution in [2.45, 2.75) is 0 Å². The predicted molar refractivity (Wildman–Crippen MR) is 58.8 cm³/mol. The van der Waals surface area contributed by atoms with Gasteiger partial charge in [0.15, 0.2) is 11.6 Å². The second kappa shape index (κ2) is 4.63. The van der Waals surface area contributed by atoms with Crippen LogP contribution in [0, 0.1) is 17.5 Å². The quantitative estimate of drug-likeness (QED) is 0.884. The molecule has 0 bridgehead atoms. The average Bonchev–Trinajstić information content (AvgIpc) is 2.27. The van der Waals surface area contributed by atoms with Crippen molar-refractivity contribution in [3.05, 3.63) is 52.9 Å². The number of pyridine rings is 1. The van der Waals surface area contributed by atoms with Crippen LogP contribution in [0.1, 0.15) is 0 Å². The van der Waals surface area contributed by atoms with Crippen molar-refractivity contribution in [1.82, 2.24) is 4.98 Å². The van der Waals surface area contributed by atoms with Crippen molar-refractivity contribution >= 4 is 23.1 Å². The second-order valence-electron chi connectivity index (χ2n) is 3.24. The highest BCUT2D eigenvalue weighted by atomic mass is 35.5. The van der Waals surface area contributed by atoms with E-state index in [0.717, 1.165) is 12.3 Å². The first-order valence-corrected chi connectivity index (χ1v) is 4.97. The molecule has 0 aliphatic rings. The zero-order valence-corrected chi connectivity index (χ0v) is 9.10. The first kappa shape index (κ1) is 11.7. The Morgan fingerprint density at radius 1 is 1.06 bits per heavy atom. The molecule has 0 radical (unpaired) electrons. The Kier molecular flexibility index (Phi) is 3.19. The van der Waals surface area contributed by atoms with Crippen molar-refractivity contribution in [2.24, 2.45) is 0 Å². The highest BCUT2D eigenvalue weighted by Gasteiger charge is 2.07. The van der Waals surface area contributed by atoms with E-state index in [0.29, 0.717) is 11.8 Å². The molecule has 0 atom stereocenters. The lowest BCUT2D eigenvalue weighted by Gasteiger charge is -2.07. The van der Waals surface area contributed by atoms with Crippen molar-refractivity contribution in [3.8, 4) is 0 Å². The van der Waals surface area contributed by atoms with Crippen LogP contribution in [-0.2, 0) is 0 Å². The summed E-state index contributed by atoms with van der Waals surface area (Å²) in [5.41, 5.74) is 0.356. The fraction of sp³-hybridized carbons (Fsp3) is 0. The van der Waals surface area contributed by atoms with Gasteiger partial charge in [0, 0.05) is 11.8 Å². The van der Waals surface area contributed by atoms with E-state index in [9.17, 15) is 13.2 Å². The Bertz CT molecular complexity index is 560. The molecule has 17 heavy (non-hydrogen) atoms. The number of hydrogen-bond acceptors (Lipinski definition) is 2. The maximum atomic E-state index is 13.2. The molecule has 0 saturated carbocycles. The lowest BCUT2D eigenvalue weighted by Crippen LogP contribution is -1.98. The minimum Gasteiger partial charge on any atom is -0.338 e. The molecule has 2 rings (SSSR count). The minimum atomic E-state index is -0.842. The molecule has 1 N–H and O–H groups in total. The SMILES string of the molecule is Fc1cnc(Nc2ccc(F)c(Cl)c2)c(F)c1. The molecule has 2 nitrogen and oxygen atoms in total. The van der Waals surface area contributed by atoms with Crippen LogP contribution < -0.4 is 5.32 Å². The Morgan fingerprint density at radius 2 is 1.82 bits per heavy atom. The molecule has 1 aromatic heterocycles. The lowest BCUT2D eigenvalue weighted by atomic mass is 10.3. The third-order valence-electron chi connectivity index (χ3n) is 1.99. The molecule has 88 valence electrons. The molecule has 1 heterocycles. The summed E-state index contributed by atoms with van der Waals surface area (Å²) >= 11 is 5.56. The Labute approximate surface area is 100 Å². The molecule has 0 fully saturated rings. The van der Waals surface area contributed by atoms with E-state index in [1.165, 1.54) is 12.1 Å². The van der Waals surface area contributed by atoms with Crippen molar-refractivity contribution < 1.29 is 13.2 Å².